The van der Waals surface area contributed by atoms with Crippen molar-refractivity contribution >= 4 is 38.6 Å². The Labute approximate surface area is 161 Å². The summed E-state index contributed by atoms with van der Waals surface area (Å²) in [5.74, 6) is -1.25. The highest BCUT2D eigenvalue weighted by Crippen LogP contribution is 2.37. The van der Waals surface area contributed by atoms with Gasteiger partial charge in [-0.1, -0.05) is 22.8 Å². The molecule has 0 aliphatic carbocycles. The molecule has 0 atom stereocenters. The number of thiophene rings is 1. The van der Waals surface area contributed by atoms with E-state index in [0.29, 0.717) is 4.88 Å². The van der Waals surface area contributed by atoms with Crippen molar-refractivity contribution in [3.05, 3.63) is 51.6 Å². The molecule has 0 fully saturated rings. The van der Waals surface area contributed by atoms with Gasteiger partial charge in [0.15, 0.2) is 0 Å². The van der Waals surface area contributed by atoms with Crippen molar-refractivity contribution in [2.24, 2.45) is 0 Å². The normalized spacial score (nSPS) is 12.4. The topological polar surface area (TPSA) is 72.2 Å². The van der Waals surface area contributed by atoms with Gasteiger partial charge in [0.1, 0.15) is 10.6 Å². The molecule has 0 saturated heterocycles. The molecular formula is C16H12ClF3N2O3S2. The zero-order valence-electron chi connectivity index (χ0n) is 13.9. The van der Waals surface area contributed by atoms with Crippen LogP contribution in [0.1, 0.15) is 16.2 Å². The zero-order valence-corrected chi connectivity index (χ0v) is 16.3. The lowest BCUT2D eigenvalue weighted by molar-refractivity contribution is -0.155. The lowest BCUT2D eigenvalue weighted by Crippen LogP contribution is -2.13. The van der Waals surface area contributed by atoms with E-state index in [1.54, 1.807) is 19.1 Å². The molecule has 3 aromatic rings. The average molecular weight is 437 g/mol. The highest BCUT2D eigenvalue weighted by Gasteiger charge is 2.36. The molecule has 0 amide bonds. The summed E-state index contributed by atoms with van der Waals surface area (Å²) in [6.07, 6.45) is -4.67. The van der Waals surface area contributed by atoms with Crippen LogP contribution < -0.4 is 4.72 Å². The van der Waals surface area contributed by atoms with Crippen molar-refractivity contribution in [2.75, 3.05) is 4.72 Å². The van der Waals surface area contributed by atoms with Crippen LogP contribution in [0, 0.1) is 13.8 Å². The standard InChI is InChI=1S/C16H12ClF3N2O3S2/c1-8-3-4-11(10(17)5-8)22-27(23,24)14-7-13(26-9(14)2)12-6-15(25-21-12)16(18,19)20/h3-7,22H,1-2H3. The first kappa shape index (κ1) is 19.7. The number of nitrogens with one attached hydrogen (secondary N) is 1. The summed E-state index contributed by atoms with van der Waals surface area (Å²) in [7, 11) is -3.99. The Kier molecular flexibility index (Phi) is 5.00. The molecule has 0 saturated carbocycles. The minimum Gasteiger partial charge on any atom is -0.351 e. The van der Waals surface area contributed by atoms with Crippen LogP contribution in [-0.2, 0) is 16.2 Å². The Morgan fingerprint density at radius 3 is 2.48 bits per heavy atom. The molecule has 27 heavy (non-hydrogen) atoms. The molecule has 2 aromatic heterocycles. The number of nitrogens with zero attached hydrogens (tertiary/aromatic N) is 1. The van der Waals surface area contributed by atoms with E-state index in [1.165, 1.54) is 12.1 Å². The predicted octanol–water partition coefficient (Wildman–Crippen LogP) is 5.49. The Balaban J connectivity index is 1.94. The summed E-state index contributed by atoms with van der Waals surface area (Å²) < 4.78 is 70.0. The molecule has 0 aliphatic rings. The molecule has 0 unspecified atom stereocenters. The minimum atomic E-state index is -4.67. The molecule has 0 aliphatic heterocycles. The van der Waals surface area contributed by atoms with E-state index in [-0.39, 0.29) is 26.2 Å². The highest BCUT2D eigenvalue weighted by molar-refractivity contribution is 7.93. The number of anilines is 1. The summed E-state index contributed by atoms with van der Waals surface area (Å²) in [5, 5.41) is 3.61. The van der Waals surface area contributed by atoms with Gasteiger partial charge >= 0.3 is 6.18 Å². The smallest absolute Gasteiger partial charge is 0.351 e. The minimum absolute atomic E-state index is 0.0734. The van der Waals surface area contributed by atoms with Gasteiger partial charge in [-0.25, -0.2) is 8.42 Å². The Bertz CT molecular complexity index is 1100. The van der Waals surface area contributed by atoms with Crippen molar-refractivity contribution < 1.29 is 26.1 Å². The number of halogens is 4. The third-order valence-corrected chi connectivity index (χ3v) is 6.58. The summed E-state index contributed by atoms with van der Waals surface area (Å²) in [6.45, 7) is 3.36. The number of hydrogen-bond acceptors (Lipinski definition) is 5. The van der Waals surface area contributed by atoms with Gasteiger partial charge in [0.05, 0.1) is 15.6 Å². The summed E-state index contributed by atoms with van der Waals surface area (Å²) in [4.78, 5) is 0.551. The highest BCUT2D eigenvalue weighted by atomic mass is 35.5. The quantitative estimate of drug-likeness (QED) is 0.586. The fourth-order valence-corrected chi connectivity index (χ4v) is 5.25. The lowest BCUT2D eigenvalue weighted by Gasteiger charge is -2.09. The summed E-state index contributed by atoms with van der Waals surface area (Å²) in [6, 6.07) is 6.82. The van der Waals surface area contributed by atoms with Crippen LogP contribution in [0.2, 0.25) is 5.02 Å². The van der Waals surface area contributed by atoms with E-state index in [2.05, 4.69) is 14.4 Å². The van der Waals surface area contributed by atoms with Crippen LogP contribution in [0.25, 0.3) is 10.6 Å². The first-order chi connectivity index (χ1) is 12.5. The van der Waals surface area contributed by atoms with Crippen molar-refractivity contribution in [2.45, 2.75) is 24.9 Å². The second kappa shape index (κ2) is 6.84. The van der Waals surface area contributed by atoms with Crippen LogP contribution in [0.15, 0.2) is 39.8 Å². The van der Waals surface area contributed by atoms with Crippen LogP contribution in [-0.4, -0.2) is 13.6 Å². The van der Waals surface area contributed by atoms with Crippen LogP contribution in [0.5, 0.6) is 0 Å². The van der Waals surface area contributed by atoms with Crippen LogP contribution in [0.3, 0.4) is 0 Å². The zero-order chi connectivity index (χ0) is 20.0. The van der Waals surface area contributed by atoms with E-state index in [9.17, 15) is 21.6 Å². The Morgan fingerprint density at radius 1 is 1.19 bits per heavy atom. The molecule has 144 valence electrons. The maximum atomic E-state index is 12.7. The van der Waals surface area contributed by atoms with Gasteiger partial charge in [0.2, 0.25) is 5.76 Å². The molecule has 1 N–H and O–H groups in total. The molecule has 1 aromatic carbocycles. The molecule has 3 rings (SSSR count). The van der Waals surface area contributed by atoms with Crippen LogP contribution in [0.4, 0.5) is 18.9 Å². The molecule has 0 radical (unpaired) electrons. The molecule has 0 bridgehead atoms. The van der Waals surface area contributed by atoms with Gasteiger partial charge in [0.25, 0.3) is 10.0 Å². The van der Waals surface area contributed by atoms with Crippen molar-refractivity contribution in [3.63, 3.8) is 0 Å². The first-order valence-electron chi connectivity index (χ1n) is 7.41. The van der Waals surface area contributed by atoms with Gasteiger partial charge < -0.3 is 4.52 Å². The maximum Gasteiger partial charge on any atom is 0.452 e. The molecule has 2 heterocycles. The predicted molar refractivity (Wildman–Crippen MR) is 96.6 cm³/mol. The van der Waals surface area contributed by atoms with Crippen molar-refractivity contribution in [1.82, 2.24) is 5.16 Å². The second-order valence-electron chi connectivity index (χ2n) is 5.69. The molecule has 11 heteroatoms. The van der Waals surface area contributed by atoms with Gasteiger partial charge in [-0.2, -0.15) is 13.2 Å². The number of hydrogen-bond donors (Lipinski definition) is 1. The molecule has 5 nitrogen and oxygen atoms in total. The van der Waals surface area contributed by atoms with E-state index in [4.69, 9.17) is 11.6 Å². The van der Waals surface area contributed by atoms with Crippen molar-refractivity contribution in [3.8, 4) is 10.6 Å². The van der Waals surface area contributed by atoms with E-state index in [1.807, 2.05) is 6.92 Å². The summed E-state index contributed by atoms with van der Waals surface area (Å²) >= 11 is 7.05. The first-order valence-corrected chi connectivity index (χ1v) is 10.1. The number of aryl methyl sites for hydroxylation is 2. The molecule has 0 spiro atoms. The SMILES string of the molecule is Cc1ccc(NS(=O)(=O)c2cc(-c3cc(C(F)(F)F)on3)sc2C)c(Cl)c1. The monoisotopic (exact) mass is 436 g/mol. The number of benzene rings is 1. The number of alkyl halides is 3. The average Bonchev–Trinajstić information content (AvgIpc) is 3.16. The maximum absolute atomic E-state index is 12.7. The second-order valence-corrected chi connectivity index (χ2v) is 9.01. The summed E-state index contributed by atoms with van der Waals surface area (Å²) in [5.41, 5.74) is 0.976. The third kappa shape index (κ3) is 4.12. The molecular weight excluding hydrogens is 425 g/mol. The largest absolute Gasteiger partial charge is 0.452 e. The number of rotatable bonds is 4. The van der Waals surface area contributed by atoms with Gasteiger partial charge in [-0.15, -0.1) is 11.3 Å². The number of sulfonamides is 1. The number of aromatic nitrogens is 1. The van der Waals surface area contributed by atoms with Crippen LogP contribution >= 0.6 is 22.9 Å². The Hall–Kier alpha value is -2.04. The fourth-order valence-electron chi connectivity index (χ4n) is 2.29. The lowest BCUT2D eigenvalue weighted by atomic mass is 10.2. The van der Waals surface area contributed by atoms with Gasteiger partial charge in [-0.05, 0) is 37.6 Å². The van der Waals surface area contributed by atoms with Gasteiger partial charge in [-0.3, -0.25) is 4.72 Å². The van der Waals surface area contributed by atoms with E-state index >= 15 is 0 Å². The van der Waals surface area contributed by atoms with E-state index in [0.717, 1.165) is 23.0 Å². The fraction of sp³-hybridized carbons (Fsp3) is 0.188. The van der Waals surface area contributed by atoms with Gasteiger partial charge in [0, 0.05) is 10.9 Å². The Morgan fingerprint density at radius 2 is 1.89 bits per heavy atom. The third-order valence-electron chi connectivity index (χ3n) is 3.57. The van der Waals surface area contributed by atoms with Crippen molar-refractivity contribution in [1.29, 1.82) is 0 Å². The van der Waals surface area contributed by atoms with E-state index < -0.39 is 22.0 Å².